The van der Waals surface area contributed by atoms with Crippen LogP contribution < -0.4 is 0 Å². The lowest BCUT2D eigenvalue weighted by molar-refractivity contribution is 0.281. The van der Waals surface area contributed by atoms with E-state index < -0.39 is 0 Å². The van der Waals surface area contributed by atoms with Crippen molar-refractivity contribution in [3.63, 3.8) is 0 Å². The normalized spacial score (nSPS) is 11.6. The standard InChI is InChI=1S/C19H13N3O2S/c23-9-19-21-16(11-25-19)12-5-6-18-20-15(8-22(18)7-12)14-10-24-17-4-2-1-3-13(14)17/h1-8,10-11,23H,9H2. The molecule has 4 heterocycles. The van der Waals surface area contributed by atoms with E-state index in [1.165, 1.54) is 11.3 Å². The summed E-state index contributed by atoms with van der Waals surface area (Å²) < 4.78 is 7.62. The van der Waals surface area contributed by atoms with Crippen molar-refractivity contribution >= 4 is 28.0 Å². The van der Waals surface area contributed by atoms with Gasteiger partial charge in [0.1, 0.15) is 22.5 Å². The molecule has 4 aromatic heterocycles. The summed E-state index contributed by atoms with van der Waals surface area (Å²) in [5, 5.41) is 12.9. The van der Waals surface area contributed by atoms with Crippen LogP contribution in [0.5, 0.6) is 0 Å². The minimum absolute atomic E-state index is 0.0320. The fourth-order valence-corrected chi connectivity index (χ4v) is 3.63. The van der Waals surface area contributed by atoms with E-state index in [2.05, 4.69) is 4.98 Å². The number of furan rings is 1. The predicted molar refractivity (Wildman–Crippen MR) is 97.4 cm³/mol. The van der Waals surface area contributed by atoms with E-state index in [-0.39, 0.29) is 6.61 Å². The van der Waals surface area contributed by atoms with Crippen LogP contribution in [0.1, 0.15) is 5.01 Å². The molecule has 0 atom stereocenters. The van der Waals surface area contributed by atoms with Gasteiger partial charge in [0.25, 0.3) is 0 Å². The lowest BCUT2D eigenvalue weighted by Gasteiger charge is -1.98. The second kappa shape index (κ2) is 5.54. The maximum Gasteiger partial charge on any atom is 0.137 e. The maximum absolute atomic E-state index is 9.19. The van der Waals surface area contributed by atoms with Crippen molar-refractivity contribution in [3.8, 4) is 22.5 Å². The summed E-state index contributed by atoms with van der Waals surface area (Å²) in [6.07, 6.45) is 5.75. The Balaban J connectivity index is 1.62. The molecule has 0 fully saturated rings. The first-order valence-corrected chi connectivity index (χ1v) is 8.71. The first kappa shape index (κ1) is 14.4. The van der Waals surface area contributed by atoms with Gasteiger partial charge in [0.2, 0.25) is 0 Å². The largest absolute Gasteiger partial charge is 0.464 e. The average molecular weight is 347 g/mol. The molecular formula is C19H13N3O2S. The van der Waals surface area contributed by atoms with Crippen LogP contribution >= 0.6 is 11.3 Å². The zero-order valence-electron chi connectivity index (χ0n) is 13.1. The molecule has 0 aliphatic carbocycles. The van der Waals surface area contributed by atoms with Crippen molar-refractivity contribution in [3.05, 3.63) is 65.4 Å². The molecule has 0 spiro atoms. The van der Waals surface area contributed by atoms with Crippen LogP contribution in [-0.4, -0.2) is 19.5 Å². The van der Waals surface area contributed by atoms with Gasteiger partial charge in [-0.05, 0) is 18.2 Å². The highest BCUT2D eigenvalue weighted by Gasteiger charge is 2.12. The minimum atomic E-state index is -0.0320. The highest BCUT2D eigenvalue weighted by molar-refractivity contribution is 7.09. The summed E-state index contributed by atoms with van der Waals surface area (Å²) >= 11 is 1.46. The number of nitrogens with zero attached hydrogens (tertiary/aromatic N) is 3. The van der Waals surface area contributed by atoms with Crippen molar-refractivity contribution < 1.29 is 9.52 Å². The van der Waals surface area contributed by atoms with Crippen LogP contribution in [0.2, 0.25) is 0 Å². The number of rotatable bonds is 3. The second-order valence-electron chi connectivity index (χ2n) is 5.74. The SMILES string of the molecule is OCc1nc(-c2ccc3nc(-c4coc5ccccc45)cn3c2)cs1. The van der Waals surface area contributed by atoms with Crippen molar-refractivity contribution in [1.29, 1.82) is 0 Å². The predicted octanol–water partition coefficient (Wildman–Crippen LogP) is 4.36. The van der Waals surface area contributed by atoms with Gasteiger partial charge in [-0.1, -0.05) is 18.2 Å². The van der Waals surface area contributed by atoms with Gasteiger partial charge in [0.15, 0.2) is 0 Å². The first-order chi connectivity index (χ1) is 12.3. The van der Waals surface area contributed by atoms with E-state index in [4.69, 9.17) is 9.40 Å². The fraction of sp³-hybridized carbons (Fsp3) is 0.0526. The topological polar surface area (TPSA) is 63.6 Å². The lowest BCUT2D eigenvalue weighted by atomic mass is 10.1. The molecular weight excluding hydrogens is 334 g/mol. The summed E-state index contributed by atoms with van der Waals surface area (Å²) in [7, 11) is 0. The molecule has 5 aromatic rings. The molecule has 5 nitrogen and oxygen atoms in total. The van der Waals surface area contributed by atoms with E-state index >= 15 is 0 Å². The van der Waals surface area contributed by atoms with Gasteiger partial charge in [-0.25, -0.2) is 9.97 Å². The molecule has 0 aliphatic heterocycles. The number of pyridine rings is 1. The maximum atomic E-state index is 9.19. The molecule has 0 saturated carbocycles. The smallest absolute Gasteiger partial charge is 0.137 e. The lowest BCUT2D eigenvalue weighted by Crippen LogP contribution is -1.86. The molecule has 1 N–H and O–H groups in total. The Morgan fingerprint density at radius 1 is 1.04 bits per heavy atom. The molecule has 25 heavy (non-hydrogen) atoms. The van der Waals surface area contributed by atoms with E-state index in [0.717, 1.165) is 39.1 Å². The van der Waals surface area contributed by atoms with Crippen LogP contribution in [-0.2, 0) is 6.61 Å². The second-order valence-corrected chi connectivity index (χ2v) is 6.68. The average Bonchev–Trinajstić information content (AvgIpc) is 3.37. The third-order valence-electron chi connectivity index (χ3n) is 4.19. The Morgan fingerprint density at radius 3 is 2.84 bits per heavy atom. The van der Waals surface area contributed by atoms with Crippen LogP contribution in [0.4, 0.5) is 0 Å². The number of imidazole rings is 1. The fourth-order valence-electron chi connectivity index (χ4n) is 2.97. The molecule has 0 amide bonds. The number of benzene rings is 1. The summed E-state index contributed by atoms with van der Waals surface area (Å²) in [5.74, 6) is 0. The number of para-hydroxylation sites is 1. The summed E-state index contributed by atoms with van der Waals surface area (Å²) in [6.45, 7) is -0.0320. The van der Waals surface area contributed by atoms with Gasteiger partial charge in [-0.3, -0.25) is 0 Å². The number of fused-ring (bicyclic) bond motifs is 2. The molecule has 1 aromatic carbocycles. The van der Waals surface area contributed by atoms with Gasteiger partial charge >= 0.3 is 0 Å². The number of hydrogen-bond acceptors (Lipinski definition) is 5. The summed E-state index contributed by atoms with van der Waals surface area (Å²) in [6, 6.07) is 11.9. The number of aliphatic hydroxyl groups is 1. The van der Waals surface area contributed by atoms with Gasteiger partial charge in [0.05, 0.1) is 18.0 Å². The minimum Gasteiger partial charge on any atom is -0.464 e. The molecule has 0 bridgehead atoms. The highest BCUT2D eigenvalue weighted by atomic mass is 32.1. The van der Waals surface area contributed by atoms with Crippen LogP contribution in [0, 0.1) is 0 Å². The number of aromatic nitrogens is 3. The molecule has 122 valence electrons. The number of hydrogen-bond donors (Lipinski definition) is 1. The zero-order chi connectivity index (χ0) is 16.8. The monoisotopic (exact) mass is 347 g/mol. The van der Waals surface area contributed by atoms with Gasteiger partial charge in [0, 0.05) is 34.3 Å². The third kappa shape index (κ3) is 2.34. The van der Waals surface area contributed by atoms with E-state index in [0.29, 0.717) is 5.01 Å². The Morgan fingerprint density at radius 2 is 1.96 bits per heavy atom. The Bertz CT molecular complexity index is 1200. The summed E-state index contributed by atoms with van der Waals surface area (Å²) in [5.41, 5.74) is 5.42. The zero-order valence-corrected chi connectivity index (χ0v) is 13.9. The van der Waals surface area contributed by atoms with E-state index in [1.54, 1.807) is 6.26 Å². The Hall–Kier alpha value is -2.96. The quantitative estimate of drug-likeness (QED) is 0.526. The first-order valence-electron chi connectivity index (χ1n) is 7.83. The van der Waals surface area contributed by atoms with Gasteiger partial charge in [-0.15, -0.1) is 11.3 Å². The van der Waals surface area contributed by atoms with Crippen LogP contribution in [0.3, 0.4) is 0 Å². The van der Waals surface area contributed by atoms with E-state index in [9.17, 15) is 5.11 Å². The molecule has 0 unspecified atom stereocenters. The molecule has 6 heteroatoms. The highest BCUT2D eigenvalue weighted by Crippen LogP contribution is 2.30. The molecule has 0 radical (unpaired) electrons. The Labute approximate surface area is 146 Å². The number of aliphatic hydroxyl groups excluding tert-OH is 1. The molecule has 5 rings (SSSR count). The molecule has 0 saturated heterocycles. The van der Waals surface area contributed by atoms with Crippen LogP contribution in [0.15, 0.2) is 64.9 Å². The van der Waals surface area contributed by atoms with Gasteiger partial charge < -0.3 is 13.9 Å². The van der Waals surface area contributed by atoms with Crippen molar-refractivity contribution in [1.82, 2.24) is 14.4 Å². The summed E-state index contributed by atoms with van der Waals surface area (Å²) in [4.78, 5) is 9.13. The van der Waals surface area contributed by atoms with Crippen molar-refractivity contribution in [2.75, 3.05) is 0 Å². The van der Waals surface area contributed by atoms with Crippen molar-refractivity contribution in [2.45, 2.75) is 6.61 Å². The van der Waals surface area contributed by atoms with Crippen molar-refractivity contribution in [2.24, 2.45) is 0 Å². The molecule has 0 aliphatic rings. The van der Waals surface area contributed by atoms with Gasteiger partial charge in [-0.2, -0.15) is 0 Å². The third-order valence-corrected chi connectivity index (χ3v) is 5.02. The number of thiazole rings is 1. The Kier molecular flexibility index (Phi) is 3.19. The van der Waals surface area contributed by atoms with Crippen LogP contribution in [0.25, 0.3) is 39.1 Å². The van der Waals surface area contributed by atoms with E-state index in [1.807, 2.05) is 58.6 Å².